The number of ether oxygens (including phenoxy) is 2. The van der Waals surface area contributed by atoms with Crippen molar-refractivity contribution < 1.29 is 9.47 Å². The average Bonchev–Trinajstić information content (AvgIpc) is 2.94. The average molecular weight is 192 g/mol. The molecule has 1 aliphatic heterocycles. The molecule has 0 amide bonds. The van der Waals surface area contributed by atoms with E-state index in [1.807, 2.05) is 0 Å². The van der Waals surface area contributed by atoms with Gasteiger partial charge in [-0.3, -0.25) is 0 Å². The lowest BCUT2D eigenvalue weighted by molar-refractivity contribution is 0.103. The summed E-state index contributed by atoms with van der Waals surface area (Å²) in [4.78, 5) is 0. The van der Waals surface area contributed by atoms with Gasteiger partial charge in [0.15, 0.2) is 0 Å². The molecule has 14 heavy (non-hydrogen) atoms. The molecule has 2 rings (SSSR count). The first-order chi connectivity index (χ1) is 6.77. The molecule has 0 spiro atoms. The van der Waals surface area contributed by atoms with Crippen molar-refractivity contribution in [2.75, 3.05) is 13.2 Å². The van der Waals surface area contributed by atoms with E-state index in [2.05, 4.69) is 32.0 Å². The fraction of sp³-hybridized carbons (Fsp3) is 0.500. The Labute approximate surface area is 84.8 Å². The van der Waals surface area contributed by atoms with Crippen molar-refractivity contribution in [2.45, 2.75) is 26.6 Å². The first-order valence-corrected chi connectivity index (χ1v) is 5.02. The highest BCUT2D eigenvalue weighted by Gasteiger charge is 2.22. The topological polar surface area (TPSA) is 21.8 Å². The van der Waals surface area contributed by atoms with Crippen LogP contribution in [0.2, 0.25) is 0 Å². The fourth-order valence-electron chi connectivity index (χ4n) is 1.53. The summed E-state index contributed by atoms with van der Waals surface area (Å²) in [5, 5.41) is 0. The summed E-state index contributed by atoms with van der Waals surface area (Å²) in [6.45, 7) is 6.55. The number of epoxide rings is 1. The van der Waals surface area contributed by atoms with Crippen molar-refractivity contribution in [3.63, 3.8) is 0 Å². The van der Waals surface area contributed by atoms with Crippen LogP contribution in [0.5, 0.6) is 0 Å². The van der Waals surface area contributed by atoms with Crippen LogP contribution in [0.3, 0.4) is 0 Å². The molecule has 1 heterocycles. The summed E-state index contributed by atoms with van der Waals surface area (Å²) in [6.07, 6.45) is 0.360. The Bertz CT molecular complexity index is 296. The van der Waals surface area contributed by atoms with Gasteiger partial charge in [-0.05, 0) is 30.5 Å². The Balaban J connectivity index is 1.92. The standard InChI is InChI=1S/C12H16O2/c1-9-4-3-5-10(2)12(9)8-13-6-11-7-14-11/h3-5,11H,6-8H2,1-2H3. The van der Waals surface area contributed by atoms with E-state index in [4.69, 9.17) is 9.47 Å². The van der Waals surface area contributed by atoms with Gasteiger partial charge < -0.3 is 9.47 Å². The highest BCUT2D eigenvalue weighted by atomic mass is 16.6. The third kappa shape index (κ3) is 2.34. The van der Waals surface area contributed by atoms with Gasteiger partial charge in [-0.15, -0.1) is 0 Å². The minimum absolute atomic E-state index is 0.360. The van der Waals surface area contributed by atoms with Gasteiger partial charge in [-0.1, -0.05) is 18.2 Å². The monoisotopic (exact) mass is 192 g/mol. The zero-order valence-corrected chi connectivity index (χ0v) is 8.75. The summed E-state index contributed by atoms with van der Waals surface area (Å²) < 4.78 is 10.7. The van der Waals surface area contributed by atoms with Crippen molar-refractivity contribution in [3.8, 4) is 0 Å². The molecule has 76 valence electrons. The van der Waals surface area contributed by atoms with Crippen molar-refractivity contribution in [1.82, 2.24) is 0 Å². The molecule has 0 aromatic heterocycles. The van der Waals surface area contributed by atoms with Gasteiger partial charge in [-0.25, -0.2) is 0 Å². The minimum atomic E-state index is 0.360. The molecule has 1 atom stereocenters. The first-order valence-electron chi connectivity index (χ1n) is 5.02. The third-order valence-corrected chi connectivity index (χ3v) is 2.60. The van der Waals surface area contributed by atoms with Gasteiger partial charge in [0, 0.05) is 0 Å². The Morgan fingerprint density at radius 1 is 1.36 bits per heavy atom. The molecule has 0 saturated carbocycles. The molecule has 1 aromatic carbocycles. The SMILES string of the molecule is Cc1cccc(C)c1COCC1CO1. The zero-order chi connectivity index (χ0) is 9.97. The number of hydrogen-bond donors (Lipinski definition) is 0. The van der Waals surface area contributed by atoms with Gasteiger partial charge in [0.1, 0.15) is 6.10 Å². The fourth-order valence-corrected chi connectivity index (χ4v) is 1.53. The largest absolute Gasteiger partial charge is 0.374 e. The molecule has 1 fully saturated rings. The van der Waals surface area contributed by atoms with Crippen LogP contribution in [-0.4, -0.2) is 19.3 Å². The van der Waals surface area contributed by atoms with Crippen molar-refractivity contribution in [2.24, 2.45) is 0 Å². The predicted octanol–water partition coefficient (Wildman–Crippen LogP) is 2.22. The summed E-state index contributed by atoms with van der Waals surface area (Å²) >= 11 is 0. The number of benzene rings is 1. The molecule has 1 aromatic rings. The Morgan fingerprint density at radius 2 is 2.00 bits per heavy atom. The van der Waals surface area contributed by atoms with Crippen LogP contribution in [0, 0.1) is 13.8 Å². The Morgan fingerprint density at radius 3 is 2.57 bits per heavy atom. The maximum absolute atomic E-state index is 5.58. The van der Waals surface area contributed by atoms with E-state index < -0.39 is 0 Å². The normalized spacial score (nSPS) is 19.7. The van der Waals surface area contributed by atoms with Gasteiger partial charge in [0.2, 0.25) is 0 Å². The van der Waals surface area contributed by atoms with Crippen LogP contribution in [0.4, 0.5) is 0 Å². The lowest BCUT2D eigenvalue weighted by Gasteiger charge is -2.09. The van der Waals surface area contributed by atoms with E-state index in [-0.39, 0.29) is 0 Å². The minimum Gasteiger partial charge on any atom is -0.374 e. The van der Waals surface area contributed by atoms with Crippen molar-refractivity contribution in [3.05, 3.63) is 34.9 Å². The van der Waals surface area contributed by atoms with Crippen LogP contribution in [0.1, 0.15) is 16.7 Å². The van der Waals surface area contributed by atoms with Gasteiger partial charge in [0.25, 0.3) is 0 Å². The van der Waals surface area contributed by atoms with Gasteiger partial charge in [0.05, 0.1) is 19.8 Å². The van der Waals surface area contributed by atoms with Crippen LogP contribution in [0.25, 0.3) is 0 Å². The maximum atomic E-state index is 5.58. The van der Waals surface area contributed by atoms with Gasteiger partial charge >= 0.3 is 0 Å². The molecule has 1 saturated heterocycles. The second-order valence-electron chi connectivity index (χ2n) is 3.84. The molecule has 2 nitrogen and oxygen atoms in total. The number of hydrogen-bond acceptors (Lipinski definition) is 2. The summed E-state index contributed by atoms with van der Waals surface area (Å²) in [5.74, 6) is 0. The summed E-state index contributed by atoms with van der Waals surface area (Å²) in [5.41, 5.74) is 3.93. The molecule has 2 heteroatoms. The molecule has 0 radical (unpaired) electrons. The van der Waals surface area contributed by atoms with Crippen molar-refractivity contribution >= 4 is 0 Å². The molecular weight excluding hydrogens is 176 g/mol. The molecule has 0 bridgehead atoms. The van der Waals surface area contributed by atoms with Crippen LogP contribution < -0.4 is 0 Å². The smallest absolute Gasteiger partial charge is 0.104 e. The highest BCUT2D eigenvalue weighted by Crippen LogP contribution is 2.16. The quantitative estimate of drug-likeness (QED) is 0.682. The van der Waals surface area contributed by atoms with E-state index in [0.717, 1.165) is 13.2 Å². The number of aryl methyl sites for hydroxylation is 2. The number of rotatable bonds is 4. The second-order valence-corrected chi connectivity index (χ2v) is 3.84. The third-order valence-electron chi connectivity index (χ3n) is 2.60. The predicted molar refractivity (Wildman–Crippen MR) is 55.3 cm³/mol. The molecule has 1 unspecified atom stereocenters. The van der Waals surface area contributed by atoms with E-state index in [1.165, 1.54) is 16.7 Å². The van der Waals surface area contributed by atoms with E-state index in [1.54, 1.807) is 0 Å². The van der Waals surface area contributed by atoms with Crippen molar-refractivity contribution in [1.29, 1.82) is 0 Å². The molecule has 0 N–H and O–H groups in total. The lowest BCUT2D eigenvalue weighted by Crippen LogP contribution is -2.03. The maximum Gasteiger partial charge on any atom is 0.104 e. The van der Waals surface area contributed by atoms with E-state index >= 15 is 0 Å². The molecule has 0 aliphatic carbocycles. The van der Waals surface area contributed by atoms with E-state index in [9.17, 15) is 0 Å². The van der Waals surface area contributed by atoms with Gasteiger partial charge in [-0.2, -0.15) is 0 Å². The van der Waals surface area contributed by atoms with Crippen LogP contribution in [0.15, 0.2) is 18.2 Å². The second kappa shape index (κ2) is 4.11. The zero-order valence-electron chi connectivity index (χ0n) is 8.75. The van der Waals surface area contributed by atoms with Crippen LogP contribution in [-0.2, 0) is 16.1 Å². The van der Waals surface area contributed by atoms with E-state index in [0.29, 0.717) is 12.7 Å². The molecule has 1 aliphatic rings. The van der Waals surface area contributed by atoms with Crippen LogP contribution >= 0.6 is 0 Å². The lowest BCUT2D eigenvalue weighted by atomic mass is 10.0. The Kier molecular flexibility index (Phi) is 2.85. The highest BCUT2D eigenvalue weighted by molar-refractivity contribution is 5.32. The Hall–Kier alpha value is -0.860. The summed E-state index contributed by atoms with van der Waals surface area (Å²) in [7, 11) is 0. The molecular formula is C12H16O2. The first kappa shape index (κ1) is 9.69. The summed E-state index contributed by atoms with van der Waals surface area (Å²) in [6, 6.07) is 6.33.